The van der Waals surface area contributed by atoms with E-state index in [2.05, 4.69) is 36.1 Å². The van der Waals surface area contributed by atoms with Crippen LogP contribution in [0.3, 0.4) is 0 Å². The number of likely N-dealkylation sites (tertiary alicyclic amines) is 1. The Kier molecular flexibility index (Phi) is 2.70. The van der Waals surface area contributed by atoms with Crippen LogP contribution in [-0.2, 0) is 0 Å². The molecule has 1 N–H and O–H groups in total. The summed E-state index contributed by atoms with van der Waals surface area (Å²) < 4.78 is 0.856. The standard InChI is InChI=1S/C11H16N2S/c1-8-6-9(7-12-11(8)14)10-4-3-5-13(10)2/h6-7,10H,3-5H2,1-2H3,(H,12,14)/t10-/m1/s1. The van der Waals surface area contributed by atoms with Gasteiger partial charge in [0, 0.05) is 12.2 Å². The largest absolute Gasteiger partial charge is 0.352 e. The van der Waals surface area contributed by atoms with Crippen molar-refractivity contribution >= 4 is 12.2 Å². The van der Waals surface area contributed by atoms with Gasteiger partial charge < -0.3 is 4.98 Å². The quantitative estimate of drug-likeness (QED) is 0.716. The van der Waals surface area contributed by atoms with E-state index in [1.165, 1.54) is 30.5 Å². The van der Waals surface area contributed by atoms with Gasteiger partial charge in [-0.2, -0.15) is 0 Å². The minimum absolute atomic E-state index is 0.584. The number of aromatic nitrogens is 1. The predicted molar refractivity (Wildman–Crippen MR) is 61.0 cm³/mol. The average molecular weight is 208 g/mol. The van der Waals surface area contributed by atoms with Crippen molar-refractivity contribution in [3.8, 4) is 0 Å². The molecule has 14 heavy (non-hydrogen) atoms. The second kappa shape index (κ2) is 3.83. The van der Waals surface area contributed by atoms with Gasteiger partial charge >= 0.3 is 0 Å². The van der Waals surface area contributed by atoms with Crippen LogP contribution in [0.4, 0.5) is 0 Å². The smallest absolute Gasteiger partial charge is 0.106 e. The van der Waals surface area contributed by atoms with Crippen molar-refractivity contribution in [2.45, 2.75) is 25.8 Å². The molecule has 0 spiro atoms. The Bertz CT molecular complexity index is 383. The summed E-state index contributed by atoms with van der Waals surface area (Å²) in [5, 5.41) is 0. The molecule has 1 saturated heterocycles. The molecular weight excluding hydrogens is 192 g/mol. The number of nitrogens with zero attached hydrogens (tertiary/aromatic N) is 1. The van der Waals surface area contributed by atoms with Crippen LogP contribution < -0.4 is 0 Å². The highest BCUT2D eigenvalue weighted by molar-refractivity contribution is 7.71. The van der Waals surface area contributed by atoms with E-state index in [1.54, 1.807) is 0 Å². The molecule has 1 aliphatic heterocycles. The average Bonchev–Trinajstić information content (AvgIpc) is 2.57. The summed E-state index contributed by atoms with van der Waals surface area (Å²) in [6.45, 7) is 3.27. The SMILES string of the molecule is Cc1cc([C@H]2CCCN2C)c[nH]c1=S. The van der Waals surface area contributed by atoms with Gasteiger partial charge in [0.1, 0.15) is 4.64 Å². The second-order valence-electron chi connectivity index (χ2n) is 4.08. The lowest BCUT2D eigenvalue weighted by Gasteiger charge is -2.19. The van der Waals surface area contributed by atoms with Crippen LogP contribution in [0.15, 0.2) is 12.3 Å². The summed E-state index contributed by atoms with van der Waals surface area (Å²) in [4.78, 5) is 5.56. The molecular formula is C11H16N2S. The van der Waals surface area contributed by atoms with Crippen molar-refractivity contribution in [2.75, 3.05) is 13.6 Å². The van der Waals surface area contributed by atoms with Crippen molar-refractivity contribution < 1.29 is 0 Å². The number of rotatable bonds is 1. The minimum Gasteiger partial charge on any atom is -0.352 e. The molecule has 0 amide bonds. The van der Waals surface area contributed by atoms with Crippen molar-refractivity contribution in [2.24, 2.45) is 0 Å². The topological polar surface area (TPSA) is 19.0 Å². The number of nitrogens with one attached hydrogen (secondary N) is 1. The number of hydrogen-bond donors (Lipinski definition) is 1. The summed E-state index contributed by atoms with van der Waals surface area (Å²) in [7, 11) is 2.19. The van der Waals surface area contributed by atoms with Crippen LogP contribution in [-0.4, -0.2) is 23.5 Å². The Morgan fingerprint density at radius 3 is 2.93 bits per heavy atom. The van der Waals surface area contributed by atoms with Crippen LogP contribution in [0.2, 0.25) is 0 Å². The van der Waals surface area contributed by atoms with Crippen molar-refractivity contribution in [1.82, 2.24) is 9.88 Å². The van der Waals surface area contributed by atoms with Crippen molar-refractivity contribution in [3.05, 3.63) is 28.0 Å². The molecule has 1 fully saturated rings. The highest BCUT2D eigenvalue weighted by atomic mass is 32.1. The van der Waals surface area contributed by atoms with Crippen molar-refractivity contribution in [3.63, 3.8) is 0 Å². The van der Waals surface area contributed by atoms with Gasteiger partial charge in [-0.3, -0.25) is 4.90 Å². The molecule has 1 atom stereocenters. The Morgan fingerprint density at radius 1 is 1.57 bits per heavy atom. The maximum absolute atomic E-state index is 5.15. The van der Waals surface area contributed by atoms with Crippen LogP contribution in [0.25, 0.3) is 0 Å². The first-order chi connectivity index (χ1) is 6.68. The second-order valence-corrected chi connectivity index (χ2v) is 4.49. The molecule has 0 aliphatic carbocycles. The Hall–Kier alpha value is -0.670. The minimum atomic E-state index is 0.584. The molecule has 3 heteroatoms. The summed E-state index contributed by atoms with van der Waals surface area (Å²) >= 11 is 5.15. The first-order valence-corrected chi connectivity index (χ1v) is 5.49. The van der Waals surface area contributed by atoms with Gasteiger partial charge in [-0.1, -0.05) is 18.3 Å². The first-order valence-electron chi connectivity index (χ1n) is 5.08. The lowest BCUT2D eigenvalue weighted by Crippen LogP contribution is -2.17. The van der Waals surface area contributed by atoms with E-state index in [4.69, 9.17) is 12.2 Å². The fourth-order valence-corrected chi connectivity index (χ4v) is 2.26. The molecule has 1 aromatic heterocycles. The fraction of sp³-hybridized carbons (Fsp3) is 0.545. The van der Waals surface area contributed by atoms with Gasteiger partial charge in [-0.15, -0.1) is 0 Å². The van der Waals surface area contributed by atoms with Crippen molar-refractivity contribution in [1.29, 1.82) is 0 Å². The third-order valence-corrected chi connectivity index (χ3v) is 3.46. The van der Waals surface area contributed by atoms with Crippen LogP contribution >= 0.6 is 12.2 Å². The molecule has 76 valence electrons. The lowest BCUT2D eigenvalue weighted by atomic mass is 10.1. The van der Waals surface area contributed by atoms with Gasteiger partial charge in [-0.05, 0) is 44.5 Å². The molecule has 0 saturated carbocycles. The van der Waals surface area contributed by atoms with Gasteiger partial charge in [0.15, 0.2) is 0 Å². The Morgan fingerprint density at radius 2 is 2.36 bits per heavy atom. The van der Waals surface area contributed by atoms with Crippen LogP contribution in [0, 0.1) is 11.6 Å². The maximum atomic E-state index is 5.15. The van der Waals surface area contributed by atoms with E-state index in [-0.39, 0.29) is 0 Å². The summed E-state index contributed by atoms with van der Waals surface area (Å²) in [6.07, 6.45) is 4.62. The van der Waals surface area contributed by atoms with E-state index in [0.717, 1.165) is 4.64 Å². The predicted octanol–water partition coefficient (Wildman–Crippen LogP) is 2.82. The van der Waals surface area contributed by atoms with E-state index in [1.807, 2.05) is 0 Å². The fourth-order valence-electron chi connectivity index (χ4n) is 2.14. The van der Waals surface area contributed by atoms with Gasteiger partial charge in [0.25, 0.3) is 0 Å². The number of aryl methyl sites for hydroxylation is 1. The Labute approximate surface area is 90.0 Å². The molecule has 1 aromatic rings. The zero-order valence-corrected chi connectivity index (χ0v) is 9.53. The zero-order chi connectivity index (χ0) is 10.1. The van der Waals surface area contributed by atoms with E-state index >= 15 is 0 Å². The monoisotopic (exact) mass is 208 g/mol. The number of pyridine rings is 1. The normalized spacial score (nSPS) is 22.9. The number of hydrogen-bond acceptors (Lipinski definition) is 2. The lowest BCUT2D eigenvalue weighted by molar-refractivity contribution is 0.317. The zero-order valence-electron chi connectivity index (χ0n) is 8.71. The number of aromatic amines is 1. The highest BCUT2D eigenvalue weighted by Gasteiger charge is 2.22. The molecule has 0 radical (unpaired) electrons. The molecule has 2 nitrogen and oxygen atoms in total. The van der Waals surface area contributed by atoms with Gasteiger partial charge in [0.05, 0.1) is 0 Å². The van der Waals surface area contributed by atoms with Crippen LogP contribution in [0.1, 0.15) is 30.0 Å². The van der Waals surface area contributed by atoms with Gasteiger partial charge in [-0.25, -0.2) is 0 Å². The summed E-state index contributed by atoms with van der Waals surface area (Å²) in [5.41, 5.74) is 2.55. The molecule has 1 aliphatic rings. The molecule has 2 rings (SSSR count). The summed E-state index contributed by atoms with van der Waals surface area (Å²) in [6, 6.07) is 2.80. The highest BCUT2D eigenvalue weighted by Crippen LogP contribution is 2.30. The molecule has 0 unspecified atom stereocenters. The first kappa shape index (κ1) is 9.87. The third-order valence-electron chi connectivity index (χ3n) is 3.02. The molecule has 2 heterocycles. The van der Waals surface area contributed by atoms with Gasteiger partial charge in [0.2, 0.25) is 0 Å². The maximum Gasteiger partial charge on any atom is 0.106 e. The molecule has 0 bridgehead atoms. The molecule has 0 aromatic carbocycles. The Balaban J connectivity index is 2.32. The van der Waals surface area contributed by atoms with E-state index in [9.17, 15) is 0 Å². The third kappa shape index (κ3) is 1.74. The number of H-pyrrole nitrogens is 1. The summed E-state index contributed by atoms with van der Waals surface area (Å²) in [5.74, 6) is 0. The van der Waals surface area contributed by atoms with E-state index in [0.29, 0.717) is 6.04 Å². The van der Waals surface area contributed by atoms with E-state index < -0.39 is 0 Å². The van der Waals surface area contributed by atoms with Crippen LogP contribution in [0.5, 0.6) is 0 Å².